The molecule has 2 N–H and O–H groups in total. The summed E-state index contributed by atoms with van der Waals surface area (Å²) in [5, 5.41) is 16.6. The number of carbonyl (C=O) groups is 1. The van der Waals surface area contributed by atoms with Crippen LogP contribution in [0.4, 0.5) is 14.5 Å². The molecule has 6 nitrogen and oxygen atoms in total. The molecule has 37 heavy (non-hydrogen) atoms. The van der Waals surface area contributed by atoms with Crippen molar-refractivity contribution in [1.82, 2.24) is 10.3 Å². The van der Waals surface area contributed by atoms with Gasteiger partial charge in [-0.25, -0.2) is 4.98 Å². The maximum Gasteiger partial charge on any atom is 0.387 e. The molecular weight excluding hydrogens is 474 g/mol. The molecule has 0 radical (unpaired) electrons. The van der Waals surface area contributed by atoms with E-state index in [1.54, 1.807) is 24.3 Å². The van der Waals surface area contributed by atoms with Gasteiger partial charge in [0.25, 0.3) is 5.91 Å². The van der Waals surface area contributed by atoms with Gasteiger partial charge in [-0.05, 0) is 48.4 Å². The predicted molar refractivity (Wildman–Crippen MR) is 141 cm³/mol. The molecule has 0 spiro atoms. The van der Waals surface area contributed by atoms with E-state index in [4.69, 9.17) is 10.00 Å². The number of benzene rings is 2. The number of rotatable bonds is 8. The summed E-state index contributed by atoms with van der Waals surface area (Å²) in [4.78, 5) is 17.6. The molecule has 1 saturated carbocycles. The fourth-order valence-corrected chi connectivity index (χ4v) is 4.79. The van der Waals surface area contributed by atoms with Gasteiger partial charge >= 0.3 is 6.61 Å². The molecule has 1 fully saturated rings. The van der Waals surface area contributed by atoms with Crippen LogP contribution in [0.1, 0.15) is 49.5 Å². The molecule has 4 rings (SSSR count). The van der Waals surface area contributed by atoms with E-state index in [0.29, 0.717) is 33.9 Å². The molecule has 192 valence electrons. The van der Waals surface area contributed by atoms with Gasteiger partial charge in [0, 0.05) is 29.1 Å². The first-order valence-electron chi connectivity index (χ1n) is 12.5. The summed E-state index contributed by atoms with van der Waals surface area (Å²) in [5.74, 6) is 0.340. The van der Waals surface area contributed by atoms with Gasteiger partial charge in [0.05, 0.1) is 17.5 Å². The number of amides is 1. The van der Waals surface area contributed by atoms with Gasteiger partial charge in [-0.2, -0.15) is 14.0 Å². The topological polar surface area (TPSA) is 87.0 Å². The molecule has 1 heterocycles. The second-order valence-electron chi connectivity index (χ2n) is 9.53. The highest BCUT2D eigenvalue weighted by molar-refractivity contribution is 5.99. The van der Waals surface area contributed by atoms with Crippen molar-refractivity contribution in [3.05, 3.63) is 66.4 Å². The second kappa shape index (κ2) is 11.8. The van der Waals surface area contributed by atoms with Crippen LogP contribution in [0.3, 0.4) is 0 Å². The molecule has 8 heteroatoms. The van der Waals surface area contributed by atoms with Crippen molar-refractivity contribution in [2.24, 2.45) is 5.92 Å². The molecule has 1 aliphatic rings. The Bertz CT molecular complexity index is 1340. The zero-order valence-corrected chi connectivity index (χ0v) is 20.8. The average Bonchev–Trinajstić information content (AvgIpc) is 3.10. The molecule has 0 bridgehead atoms. The minimum Gasteiger partial charge on any atom is -0.433 e. The first-order chi connectivity index (χ1) is 17.8. The maximum absolute atomic E-state index is 13.1. The van der Waals surface area contributed by atoms with E-state index in [1.807, 2.05) is 24.3 Å². The Labute approximate surface area is 215 Å². The number of nitriles is 1. The van der Waals surface area contributed by atoms with Gasteiger partial charge in [0.15, 0.2) is 0 Å². The molecule has 1 aromatic heterocycles. The predicted octanol–water partition coefficient (Wildman–Crippen LogP) is 6.69. The largest absolute Gasteiger partial charge is 0.433 e. The smallest absolute Gasteiger partial charge is 0.387 e. The van der Waals surface area contributed by atoms with Crippen LogP contribution in [0.2, 0.25) is 0 Å². The van der Waals surface area contributed by atoms with Crippen LogP contribution in [0.5, 0.6) is 5.75 Å². The number of ether oxygens (including phenoxy) is 1. The highest BCUT2D eigenvalue weighted by Crippen LogP contribution is 2.36. The van der Waals surface area contributed by atoms with Crippen LogP contribution < -0.4 is 15.4 Å². The van der Waals surface area contributed by atoms with Gasteiger partial charge in [0.1, 0.15) is 11.4 Å². The molecular formula is C29H30F2N4O2. The number of alkyl halides is 2. The normalized spacial score (nSPS) is 17.6. The van der Waals surface area contributed by atoms with Gasteiger partial charge in [-0.15, -0.1) is 0 Å². The summed E-state index contributed by atoms with van der Waals surface area (Å²) in [7, 11) is 0. The molecule has 0 aliphatic heterocycles. The zero-order chi connectivity index (χ0) is 26.4. The number of nitrogens with one attached hydrogen (secondary N) is 2. The lowest BCUT2D eigenvalue weighted by molar-refractivity contribution is -0.0492. The van der Waals surface area contributed by atoms with Crippen molar-refractivity contribution in [1.29, 1.82) is 5.26 Å². The number of fused-ring (bicyclic) bond motifs is 1. The number of pyridine rings is 1. The standard InChI is InChI=1S/C29H30F2N4O2/c1-18-6-3-4-7-22(14-18)34-28(36)25-9-5-8-24(35-25)21-11-10-20-12-13-26(37-29(30)31)27(23(20)15-21)33-17-19(2)16-32/h5,8-13,15,18,22,29,33H,2-4,6-7,14,17H2,1H3,(H,34,36). The summed E-state index contributed by atoms with van der Waals surface area (Å²) < 4.78 is 30.9. The zero-order valence-electron chi connectivity index (χ0n) is 20.8. The number of halogens is 2. The van der Waals surface area contributed by atoms with E-state index in [0.717, 1.165) is 24.6 Å². The van der Waals surface area contributed by atoms with E-state index in [-0.39, 0.29) is 29.8 Å². The Hall–Kier alpha value is -3.99. The first-order valence-corrected chi connectivity index (χ1v) is 12.5. The molecule has 1 aliphatic carbocycles. The molecule has 2 aromatic carbocycles. The molecule has 1 amide bonds. The van der Waals surface area contributed by atoms with Crippen LogP contribution in [0.25, 0.3) is 22.0 Å². The second-order valence-corrected chi connectivity index (χ2v) is 9.53. The number of nitrogens with zero attached hydrogens (tertiary/aromatic N) is 2. The Morgan fingerprint density at radius 2 is 2.00 bits per heavy atom. The fourth-order valence-electron chi connectivity index (χ4n) is 4.79. The third-order valence-corrected chi connectivity index (χ3v) is 6.64. The van der Waals surface area contributed by atoms with Gasteiger partial charge in [-0.1, -0.05) is 57.0 Å². The van der Waals surface area contributed by atoms with Crippen LogP contribution in [0, 0.1) is 17.2 Å². The Morgan fingerprint density at radius 1 is 1.22 bits per heavy atom. The van der Waals surface area contributed by atoms with Crippen LogP contribution in [-0.4, -0.2) is 30.1 Å². The van der Waals surface area contributed by atoms with Crippen LogP contribution >= 0.6 is 0 Å². The average molecular weight is 505 g/mol. The lowest BCUT2D eigenvalue weighted by Gasteiger charge is -2.19. The first kappa shape index (κ1) is 26.1. The van der Waals surface area contributed by atoms with E-state index >= 15 is 0 Å². The Balaban J connectivity index is 1.65. The SMILES string of the molecule is C=C(C#N)CNc1c(OC(F)F)ccc2ccc(-c3cccc(C(=O)NC4CCCCC(C)C4)n3)cc12. The van der Waals surface area contributed by atoms with Crippen molar-refractivity contribution < 1.29 is 18.3 Å². The lowest BCUT2D eigenvalue weighted by Crippen LogP contribution is -2.35. The van der Waals surface area contributed by atoms with E-state index in [2.05, 4.69) is 29.1 Å². The summed E-state index contributed by atoms with van der Waals surface area (Å²) in [6.07, 6.45) is 5.42. The van der Waals surface area contributed by atoms with E-state index in [9.17, 15) is 13.6 Å². The van der Waals surface area contributed by atoms with Gasteiger partial charge < -0.3 is 15.4 Å². The van der Waals surface area contributed by atoms with Crippen molar-refractivity contribution in [2.75, 3.05) is 11.9 Å². The van der Waals surface area contributed by atoms with E-state index in [1.165, 1.54) is 18.9 Å². The molecule has 3 aromatic rings. The summed E-state index contributed by atoms with van der Waals surface area (Å²) in [6, 6.07) is 16.0. The quantitative estimate of drug-likeness (QED) is 0.264. The van der Waals surface area contributed by atoms with Crippen molar-refractivity contribution in [3.63, 3.8) is 0 Å². The lowest BCUT2D eigenvalue weighted by atomic mass is 10.0. The highest BCUT2D eigenvalue weighted by atomic mass is 19.3. The van der Waals surface area contributed by atoms with Gasteiger partial charge in [-0.3, -0.25) is 4.79 Å². The van der Waals surface area contributed by atoms with E-state index < -0.39 is 6.61 Å². The number of hydrogen-bond acceptors (Lipinski definition) is 5. The summed E-state index contributed by atoms with van der Waals surface area (Å²) in [6.45, 7) is 2.93. The van der Waals surface area contributed by atoms with Crippen molar-refractivity contribution in [2.45, 2.75) is 51.7 Å². The minimum absolute atomic E-state index is 0.0379. The fraction of sp³-hybridized carbons (Fsp3) is 0.345. The monoisotopic (exact) mass is 504 g/mol. The number of aromatic nitrogens is 1. The molecule has 2 atom stereocenters. The highest BCUT2D eigenvalue weighted by Gasteiger charge is 2.20. The molecule has 2 unspecified atom stereocenters. The summed E-state index contributed by atoms with van der Waals surface area (Å²) >= 11 is 0. The van der Waals surface area contributed by atoms with Crippen LogP contribution in [0.15, 0.2) is 60.7 Å². The van der Waals surface area contributed by atoms with Crippen molar-refractivity contribution >= 4 is 22.4 Å². The third kappa shape index (κ3) is 6.62. The van der Waals surface area contributed by atoms with Crippen molar-refractivity contribution in [3.8, 4) is 23.1 Å². The maximum atomic E-state index is 13.1. The summed E-state index contributed by atoms with van der Waals surface area (Å²) in [5.41, 5.74) is 2.19. The third-order valence-electron chi connectivity index (χ3n) is 6.64. The number of hydrogen-bond donors (Lipinski definition) is 2. The minimum atomic E-state index is -3.01. The van der Waals surface area contributed by atoms with Crippen LogP contribution in [-0.2, 0) is 0 Å². The molecule has 0 saturated heterocycles. The van der Waals surface area contributed by atoms with Gasteiger partial charge in [0.2, 0.25) is 0 Å². The number of anilines is 1. The Morgan fingerprint density at radius 3 is 2.78 bits per heavy atom. The Kier molecular flexibility index (Phi) is 8.34. The number of carbonyl (C=O) groups excluding carboxylic acids is 1.